The maximum atomic E-state index is 12.9. The molecule has 3 aromatic rings. The van der Waals surface area contributed by atoms with Gasteiger partial charge in [0.15, 0.2) is 0 Å². The molecule has 23 heavy (non-hydrogen) atoms. The summed E-state index contributed by atoms with van der Waals surface area (Å²) in [7, 11) is 0. The molecule has 3 rings (SSSR count). The lowest BCUT2D eigenvalue weighted by Crippen LogP contribution is -2.30. The number of aromatic nitrogens is 2. The first kappa shape index (κ1) is 15.4. The Balaban J connectivity index is 1.95. The minimum Gasteiger partial charge on any atom is -0.308 e. The molecule has 4 nitrogen and oxygen atoms in total. The summed E-state index contributed by atoms with van der Waals surface area (Å²) in [5.41, 5.74) is 2.43. The van der Waals surface area contributed by atoms with Gasteiger partial charge in [-0.3, -0.25) is 9.78 Å². The van der Waals surface area contributed by atoms with E-state index in [0.29, 0.717) is 11.4 Å². The van der Waals surface area contributed by atoms with E-state index in [2.05, 4.69) is 9.97 Å². The molecule has 0 aliphatic rings. The van der Waals surface area contributed by atoms with E-state index in [1.54, 1.807) is 11.1 Å². The molecule has 2 heterocycles. The van der Waals surface area contributed by atoms with Gasteiger partial charge in [-0.15, -0.1) is 11.3 Å². The lowest BCUT2D eigenvalue weighted by molar-refractivity contribution is 0.0991. The maximum Gasteiger partial charge on any atom is 0.270 e. The number of hydrogen-bond acceptors (Lipinski definition) is 4. The lowest BCUT2D eigenvalue weighted by Gasteiger charge is -2.20. The second-order valence-corrected chi connectivity index (χ2v) is 6.03. The molecule has 0 radical (unpaired) electrons. The van der Waals surface area contributed by atoms with Gasteiger partial charge in [-0.1, -0.05) is 24.3 Å². The van der Waals surface area contributed by atoms with Crippen LogP contribution >= 0.6 is 11.3 Å². The summed E-state index contributed by atoms with van der Waals surface area (Å²) in [6, 6.07) is 15.4. The summed E-state index contributed by atoms with van der Waals surface area (Å²) in [5.74, 6) is -0.0177. The quantitative estimate of drug-likeness (QED) is 0.723. The Hall–Kier alpha value is -2.53. The van der Waals surface area contributed by atoms with Crippen LogP contribution in [0.15, 0.2) is 54.7 Å². The Morgan fingerprint density at radius 2 is 1.87 bits per heavy atom. The third-order valence-corrected chi connectivity index (χ3v) is 4.67. The van der Waals surface area contributed by atoms with Crippen molar-refractivity contribution in [1.82, 2.24) is 9.97 Å². The second kappa shape index (κ2) is 6.71. The van der Waals surface area contributed by atoms with Gasteiger partial charge in [-0.2, -0.15) is 0 Å². The third-order valence-electron chi connectivity index (χ3n) is 3.50. The van der Waals surface area contributed by atoms with E-state index in [-0.39, 0.29) is 5.91 Å². The molecule has 1 aromatic carbocycles. The van der Waals surface area contributed by atoms with Crippen molar-refractivity contribution in [2.24, 2.45) is 0 Å². The predicted molar refractivity (Wildman–Crippen MR) is 93.9 cm³/mol. The predicted octanol–water partition coefficient (Wildman–Crippen LogP) is 4.18. The fraction of sp³-hybridized carbons (Fsp3) is 0.167. The molecular weight excluding hydrogens is 306 g/mol. The fourth-order valence-corrected chi connectivity index (χ4v) is 3.36. The molecule has 0 bridgehead atoms. The van der Waals surface area contributed by atoms with Crippen LogP contribution in [0.2, 0.25) is 0 Å². The molecule has 0 N–H and O–H groups in total. The van der Waals surface area contributed by atoms with Crippen molar-refractivity contribution in [3.8, 4) is 10.7 Å². The molecule has 0 atom stereocenters. The number of thiazole rings is 1. The van der Waals surface area contributed by atoms with Crippen molar-refractivity contribution < 1.29 is 4.79 Å². The minimum absolute atomic E-state index is 0.0177. The summed E-state index contributed by atoms with van der Waals surface area (Å²) in [6.07, 6.45) is 1.73. The summed E-state index contributed by atoms with van der Waals surface area (Å²) >= 11 is 1.39. The normalized spacial score (nSPS) is 10.5. The van der Waals surface area contributed by atoms with Crippen molar-refractivity contribution in [1.29, 1.82) is 0 Å². The molecule has 0 aliphatic carbocycles. The van der Waals surface area contributed by atoms with Gasteiger partial charge in [0.2, 0.25) is 0 Å². The SMILES string of the molecule is CCN(C(=O)c1sc(-c2ccccn2)nc1C)c1ccccc1. The first-order valence-corrected chi connectivity index (χ1v) is 8.28. The summed E-state index contributed by atoms with van der Waals surface area (Å²) in [5, 5.41) is 0.774. The summed E-state index contributed by atoms with van der Waals surface area (Å²) in [6.45, 7) is 4.45. The number of amides is 1. The van der Waals surface area contributed by atoms with Gasteiger partial charge in [-0.25, -0.2) is 4.98 Å². The Morgan fingerprint density at radius 1 is 1.13 bits per heavy atom. The molecule has 0 spiro atoms. The van der Waals surface area contributed by atoms with Crippen LogP contribution in [0.1, 0.15) is 22.3 Å². The van der Waals surface area contributed by atoms with Gasteiger partial charge in [0.1, 0.15) is 9.88 Å². The Kier molecular flexibility index (Phi) is 4.48. The number of hydrogen-bond donors (Lipinski definition) is 0. The van der Waals surface area contributed by atoms with Crippen LogP contribution < -0.4 is 4.90 Å². The van der Waals surface area contributed by atoms with E-state index in [4.69, 9.17) is 0 Å². The molecular formula is C18H17N3OS. The van der Waals surface area contributed by atoms with Gasteiger partial charge in [0.25, 0.3) is 5.91 Å². The standard InChI is InChI=1S/C18H17N3OS/c1-3-21(14-9-5-4-6-10-14)18(22)16-13(2)20-17(23-16)15-11-7-8-12-19-15/h4-12H,3H2,1-2H3. The number of carbonyl (C=O) groups excluding carboxylic acids is 1. The highest BCUT2D eigenvalue weighted by molar-refractivity contribution is 7.17. The van der Waals surface area contributed by atoms with Crippen molar-refractivity contribution in [2.75, 3.05) is 11.4 Å². The van der Waals surface area contributed by atoms with Gasteiger partial charge in [0, 0.05) is 18.4 Å². The average molecular weight is 323 g/mol. The van der Waals surface area contributed by atoms with E-state index >= 15 is 0 Å². The van der Waals surface area contributed by atoms with Crippen molar-refractivity contribution in [3.63, 3.8) is 0 Å². The molecule has 0 saturated heterocycles. The average Bonchev–Trinajstić information content (AvgIpc) is 2.99. The number of benzene rings is 1. The maximum absolute atomic E-state index is 12.9. The second-order valence-electron chi connectivity index (χ2n) is 5.03. The molecule has 0 unspecified atom stereocenters. The Bertz CT molecular complexity index is 800. The summed E-state index contributed by atoms with van der Waals surface area (Å²) < 4.78 is 0. The minimum atomic E-state index is -0.0177. The molecule has 1 amide bonds. The van der Waals surface area contributed by atoms with Crippen LogP contribution in [-0.4, -0.2) is 22.4 Å². The largest absolute Gasteiger partial charge is 0.308 e. The number of anilines is 1. The van der Waals surface area contributed by atoms with Gasteiger partial charge < -0.3 is 4.90 Å². The van der Waals surface area contributed by atoms with Gasteiger partial charge in [0.05, 0.1) is 11.4 Å². The number of nitrogens with zero attached hydrogens (tertiary/aromatic N) is 3. The Morgan fingerprint density at radius 3 is 2.52 bits per heavy atom. The smallest absolute Gasteiger partial charge is 0.270 e. The highest BCUT2D eigenvalue weighted by atomic mass is 32.1. The van der Waals surface area contributed by atoms with Crippen LogP contribution in [0.4, 0.5) is 5.69 Å². The van der Waals surface area contributed by atoms with Crippen molar-refractivity contribution in [2.45, 2.75) is 13.8 Å². The lowest BCUT2D eigenvalue weighted by atomic mass is 10.2. The highest BCUT2D eigenvalue weighted by Crippen LogP contribution is 2.28. The molecule has 116 valence electrons. The van der Waals surface area contributed by atoms with Crippen LogP contribution in [0.5, 0.6) is 0 Å². The fourth-order valence-electron chi connectivity index (χ4n) is 2.37. The number of rotatable bonds is 4. The number of para-hydroxylation sites is 1. The topological polar surface area (TPSA) is 46.1 Å². The van der Waals surface area contributed by atoms with Gasteiger partial charge in [-0.05, 0) is 38.1 Å². The first-order valence-electron chi connectivity index (χ1n) is 7.46. The van der Waals surface area contributed by atoms with E-state index in [9.17, 15) is 4.79 Å². The van der Waals surface area contributed by atoms with Crippen molar-refractivity contribution in [3.05, 3.63) is 65.3 Å². The van der Waals surface area contributed by atoms with Crippen molar-refractivity contribution >= 4 is 22.9 Å². The Labute approximate surface area is 139 Å². The monoisotopic (exact) mass is 323 g/mol. The highest BCUT2D eigenvalue weighted by Gasteiger charge is 2.22. The van der Waals surface area contributed by atoms with Crippen LogP contribution in [0, 0.1) is 6.92 Å². The van der Waals surface area contributed by atoms with Gasteiger partial charge >= 0.3 is 0 Å². The van der Waals surface area contributed by atoms with E-state index in [0.717, 1.165) is 22.1 Å². The zero-order valence-corrected chi connectivity index (χ0v) is 13.9. The van der Waals surface area contributed by atoms with E-state index in [1.807, 2.05) is 62.4 Å². The van der Waals surface area contributed by atoms with E-state index < -0.39 is 0 Å². The van der Waals surface area contributed by atoms with E-state index in [1.165, 1.54) is 11.3 Å². The zero-order valence-electron chi connectivity index (χ0n) is 13.1. The molecule has 5 heteroatoms. The zero-order chi connectivity index (χ0) is 16.2. The number of carbonyl (C=O) groups is 1. The first-order chi connectivity index (χ1) is 11.2. The summed E-state index contributed by atoms with van der Waals surface area (Å²) in [4.78, 5) is 24.2. The molecule has 2 aromatic heterocycles. The molecule has 0 fully saturated rings. The number of aryl methyl sites for hydroxylation is 1. The van der Waals surface area contributed by atoms with Crippen LogP contribution in [0.3, 0.4) is 0 Å². The van der Waals surface area contributed by atoms with Crippen LogP contribution in [0.25, 0.3) is 10.7 Å². The molecule has 0 saturated carbocycles. The number of pyridine rings is 1. The third kappa shape index (κ3) is 3.14. The molecule has 0 aliphatic heterocycles. The van der Waals surface area contributed by atoms with Crippen LogP contribution in [-0.2, 0) is 0 Å².